The molecule has 110 valence electrons. The zero-order valence-corrected chi connectivity index (χ0v) is 11.7. The van der Waals surface area contributed by atoms with Gasteiger partial charge in [0.15, 0.2) is 11.2 Å². The van der Waals surface area contributed by atoms with Crippen molar-refractivity contribution in [3.63, 3.8) is 0 Å². The molecule has 0 unspecified atom stereocenters. The Labute approximate surface area is 115 Å². The van der Waals surface area contributed by atoms with Crippen LogP contribution in [0.3, 0.4) is 0 Å². The summed E-state index contributed by atoms with van der Waals surface area (Å²) in [6, 6.07) is 0. The molecule has 2 aromatic heterocycles. The van der Waals surface area contributed by atoms with Crippen molar-refractivity contribution in [1.82, 2.24) is 19.1 Å². The number of H-pyrrole nitrogens is 1. The first-order valence-electron chi connectivity index (χ1n) is 6.47. The Kier molecular flexibility index (Phi) is 4.35. The van der Waals surface area contributed by atoms with Gasteiger partial charge >= 0.3 is 5.69 Å². The molecule has 0 amide bonds. The van der Waals surface area contributed by atoms with Crippen LogP contribution in [0, 0.1) is 0 Å². The van der Waals surface area contributed by atoms with E-state index in [-0.39, 0.29) is 0 Å². The average Bonchev–Trinajstić information content (AvgIpc) is 2.72. The maximum atomic E-state index is 11.9. The van der Waals surface area contributed by atoms with Crippen LogP contribution in [0.4, 0.5) is 0 Å². The predicted octanol–water partition coefficient (Wildman–Crippen LogP) is -1.04. The van der Waals surface area contributed by atoms with Gasteiger partial charge in [0.1, 0.15) is 5.82 Å². The number of aryl methyl sites for hydroxylation is 2. The molecule has 0 saturated heterocycles. The summed E-state index contributed by atoms with van der Waals surface area (Å²) in [7, 11) is 3.35. The lowest BCUT2D eigenvalue weighted by Crippen LogP contribution is -2.31. The Morgan fingerprint density at radius 2 is 2.15 bits per heavy atom. The van der Waals surface area contributed by atoms with Crippen molar-refractivity contribution in [1.29, 1.82) is 0 Å². The van der Waals surface area contributed by atoms with E-state index in [4.69, 9.17) is 10.5 Å². The number of hydrogen-bond donors (Lipinski definition) is 2. The molecule has 0 aliphatic carbocycles. The lowest BCUT2D eigenvalue weighted by Gasteiger charge is -2.05. The fourth-order valence-electron chi connectivity index (χ4n) is 2.22. The van der Waals surface area contributed by atoms with Crippen LogP contribution in [-0.4, -0.2) is 39.4 Å². The first-order chi connectivity index (χ1) is 9.60. The van der Waals surface area contributed by atoms with Crippen molar-refractivity contribution in [3.8, 4) is 0 Å². The largest absolute Gasteiger partial charge is 0.385 e. The van der Waals surface area contributed by atoms with Gasteiger partial charge in [0.05, 0.1) is 0 Å². The Hall–Kier alpha value is -1.93. The van der Waals surface area contributed by atoms with Crippen LogP contribution in [0.15, 0.2) is 9.59 Å². The molecule has 8 nitrogen and oxygen atoms in total. The van der Waals surface area contributed by atoms with Crippen LogP contribution in [0.1, 0.15) is 12.2 Å². The van der Waals surface area contributed by atoms with Crippen LogP contribution in [0.25, 0.3) is 11.2 Å². The van der Waals surface area contributed by atoms with E-state index in [9.17, 15) is 9.59 Å². The fraction of sp³-hybridized carbons (Fsp3) is 0.583. The molecule has 8 heteroatoms. The summed E-state index contributed by atoms with van der Waals surface area (Å²) in [5.74, 6) is 0.694. The molecular weight excluding hydrogens is 262 g/mol. The van der Waals surface area contributed by atoms with Crippen LogP contribution in [0.5, 0.6) is 0 Å². The highest BCUT2D eigenvalue weighted by atomic mass is 16.5. The molecule has 0 saturated carbocycles. The zero-order chi connectivity index (χ0) is 14.7. The number of hydrogen-bond acceptors (Lipinski definition) is 5. The van der Waals surface area contributed by atoms with Gasteiger partial charge in [-0.1, -0.05) is 0 Å². The molecule has 0 radical (unpaired) electrons. The third-order valence-electron chi connectivity index (χ3n) is 3.20. The normalized spacial score (nSPS) is 11.3. The van der Waals surface area contributed by atoms with Gasteiger partial charge in [0.25, 0.3) is 5.56 Å². The van der Waals surface area contributed by atoms with Crippen molar-refractivity contribution in [2.45, 2.75) is 19.4 Å². The highest BCUT2D eigenvalue weighted by molar-refractivity contribution is 5.70. The van der Waals surface area contributed by atoms with Gasteiger partial charge in [-0.05, 0) is 13.0 Å². The summed E-state index contributed by atoms with van der Waals surface area (Å²) in [5, 5.41) is 0. The number of ether oxygens (including phenoxy) is 1. The molecule has 0 spiro atoms. The number of methoxy groups -OCH3 is 1. The van der Waals surface area contributed by atoms with E-state index in [1.165, 1.54) is 4.57 Å². The molecule has 2 rings (SSSR count). The van der Waals surface area contributed by atoms with Crippen molar-refractivity contribution in [2.75, 3.05) is 20.3 Å². The van der Waals surface area contributed by atoms with Gasteiger partial charge in [0.2, 0.25) is 0 Å². The average molecular weight is 281 g/mol. The van der Waals surface area contributed by atoms with Gasteiger partial charge in [-0.15, -0.1) is 0 Å². The molecule has 0 fully saturated rings. The lowest BCUT2D eigenvalue weighted by molar-refractivity contribution is 0.190. The number of nitrogens with two attached hydrogens (primary N) is 1. The third kappa shape index (κ3) is 2.52. The van der Waals surface area contributed by atoms with E-state index < -0.39 is 11.2 Å². The fourth-order valence-corrected chi connectivity index (χ4v) is 2.22. The van der Waals surface area contributed by atoms with Gasteiger partial charge in [-0.2, -0.15) is 0 Å². The lowest BCUT2D eigenvalue weighted by atomic mass is 10.4. The Morgan fingerprint density at radius 1 is 1.40 bits per heavy atom. The van der Waals surface area contributed by atoms with Crippen molar-refractivity contribution < 1.29 is 4.74 Å². The highest BCUT2D eigenvalue weighted by Gasteiger charge is 2.15. The minimum atomic E-state index is -0.448. The number of aromatic amines is 1. The van der Waals surface area contributed by atoms with Crippen LogP contribution < -0.4 is 17.0 Å². The Morgan fingerprint density at radius 3 is 2.80 bits per heavy atom. The van der Waals surface area contributed by atoms with Crippen molar-refractivity contribution >= 4 is 11.2 Å². The minimum Gasteiger partial charge on any atom is -0.385 e. The first-order valence-corrected chi connectivity index (χ1v) is 6.47. The van der Waals surface area contributed by atoms with E-state index in [0.717, 1.165) is 0 Å². The summed E-state index contributed by atoms with van der Waals surface area (Å²) in [6.07, 6.45) is 1.22. The molecule has 0 aliphatic rings. The smallest absolute Gasteiger partial charge is 0.330 e. The third-order valence-corrected chi connectivity index (χ3v) is 3.20. The van der Waals surface area contributed by atoms with E-state index >= 15 is 0 Å². The summed E-state index contributed by atoms with van der Waals surface area (Å²) in [4.78, 5) is 30.6. The van der Waals surface area contributed by atoms with Crippen LogP contribution >= 0.6 is 0 Å². The van der Waals surface area contributed by atoms with Crippen LogP contribution in [-0.2, 0) is 24.8 Å². The van der Waals surface area contributed by atoms with Gasteiger partial charge in [-0.3, -0.25) is 14.3 Å². The molecule has 0 aromatic carbocycles. The van der Waals surface area contributed by atoms with E-state index in [1.807, 2.05) is 0 Å². The second kappa shape index (κ2) is 6.02. The van der Waals surface area contributed by atoms with E-state index in [2.05, 4.69) is 9.97 Å². The molecular formula is C12H19N5O3. The summed E-state index contributed by atoms with van der Waals surface area (Å²) < 4.78 is 8.13. The predicted molar refractivity (Wildman–Crippen MR) is 74.8 cm³/mol. The number of imidazole rings is 1. The minimum absolute atomic E-state index is 0.394. The number of nitrogens with one attached hydrogen (secondary N) is 1. The molecule has 2 aromatic rings. The maximum Gasteiger partial charge on any atom is 0.330 e. The van der Waals surface area contributed by atoms with Crippen molar-refractivity contribution in [3.05, 3.63) is 26.7 Å². The summed E-state index contributed by atoms with van der Waals surface area (Å²) in [5.41, 5.74) is 5.46. The topological polar surface area (TPSA) is 108 Å². The molecule has 0 atom stereocenters. The summed E-state index contributed by atoms with van der Waals surface area (Å²) >= 11 is 0. The van der Waals surface area contributed by atoms with Gasteiger partial charge in [-0.25, -0.2) is 9.78 Å². The van der Waals surface area contributed by atoms with Gasteiger partial charge < -0.3 is 15.0 Å². The first kappa shape index (κ1) is 14.5. The van der Waals surface area contributed by atoms with E-state index in [0.29, 0.717) is 49.5 Å². The van der Waals surface area contributed by atoms with Gasteiger partial charge in [0, 0.05) is 33.7 Å². The van der Waals surface area contributed by atoms with Crippen LogP contribution in [0.2, 0.25) is 0 Å². The quantitative estimate of drug-likeness (QED) is 0.658. The second-order valence-corrected chi connectivity index (χ2v) is 4.56. The molecule has 3 N–H and O–H groups in total. The highest BCUT2D eigenvalue weighted by Crippen LogP contribution is 2.10. The Balaban J connectivity index is 2.59. The number of aromatic nitrogens is 4. The number of nitrogens with zero attached hydrogens (tertiary/aromatic N) is 3. The second-order valence-electron chi connectivity index (χ2n) is 4.56. The standard InChI is InChI=1S/C12H19N5O3/c1-16-8(4-5-13)14-10-9(16)11(18)15-12(19)17(10)6-3-7-20-2/h3-7,13H2,1-2H3,(H,15,18,19). The Bertz CT molecular complexity index is 712. The number of rotatable bonds is 6. The van der Waals surface area contributed by atoms with E-state index in [1.54, 1.807) is 18.7 Å². The molecule has 0 aliphatic heterocycles. The monoisotopic (exact) mass is 281 g/mol. The summed E-state index contributed by atoms with van der Waals surface area (Å²) in [6.45, 7) is 1.41. The molecule has 20 heavy (non-hydrogen) atoms. The number of fused-ring (bicyclic) bond motifs is 1. The maximum absolute atomic E-state index is 11.9. The zero-order valence-electron chi connectivity index (χ0n) is 11.7. The molecule has 0 bridgehead atoms. The molecule has 2 heterocycles. The van der Waals surface area contributed by atoms with Crippen molar-refractivity contribution in [2.24, 2.45) is 12.8 Å². The SMILES string of the molecule is COCCCn1c(=O)[nH]c(=O)c2c1nc(CCN)n2C.